The summed E-state index contributed by atoms with van der Waals surface area (Å²) in [5, 5.41) is 0. The molecular formula is C25H31N3O3. The van der Waals surface area contributed by atoms with Crippen molar-refractivity contribution in [2.24, 2.45) is 5.92 Å². The SMILES string of the molecule is CCc1nc2c(OCC3CCCCC3)cccn2c1N(C=O)Cc1ccc(OC)cc1. The molecule has 2 aromatic heterocycles. The highest BCUT2D eigenvalue weighted by Gasteiger charge is 2.21. The first kappa shape index (κ1) is 21.2. The van der Waals surface area contributed by atoms with Crippen molar-refractivity contribution in [1.29, 1.82) is 0 Å². The Balaban J connectivity index is 1.61. The Hall–Kier alpha value is -3.02. The number of carbonyl (C=O) groups excluding carboxylic acids is 1. The number of nitrogens with zero attached hydrogens (tertiary/aromatic N) is 3. The van der Waals surface area contributed by atoms with E-state index >= 15 is 0 Å². The summed E-state index contributed by atoms with van der Waals surface area (Å²) >= 11 is 0. The number of pyridine rings is 1. The van der Waals surface area contributed by atoms with E-state index in [4.69, 9.17) is 14.5 Å². The lowest BCUT2D eigenvalue weighted by molar-refractivity contribution is -0.107. The van der Waals surface area contributed by atoms with Crippen molar-refractivity contribution in [2.45, 2.75) is 52.0 Å². The minimum Gasteiger partial charge on any atom is -0.497 e. The maximum absolute atomic E-state index is 12.1. The molecule has 0 aliphatic heterocycles. The van der Waals surface area contributed by atoms with Crippen LogP contribution in [0.25, 0.3) is 5.65 Å². The standard InChI is InChI=1S/C25H31N3O3/c1-3-22-25(27(18-29)16-19-11-13-21(30-2)14-12-19)28-15-7-10-23(24(28)26-22)31-17-20-8-5-4-6-9-20/h7,10-15,18,20H,3-6,8-9,16-17H2,1-2H3. The van der Waals surface area contributed by atoms with E-state index in [2.05, 4.69) is 6.92 Å². The molecule has 6 heteroatoms. The molecule has 1 fully saturated rings. The Labute approximate surface area is 183 Å². The van der Waals surface area contributed by atoms with Gasteiger partial charge >= 0.3 is 0 Å². The number of aromatic nitrogens is 2. The lowest BCUT2D eigenvalue weighted by atomic mass is 9.90. The van der Waals surface area contributed by atoms with Gasteiger partial charge < -0.3 is 9.47 Å². The monoisotopic (exact) mass is 421 g/mol. The van der Waals surface area contributed by atoms with Gasteiger partial charge in [-0.25, -0.2) is 4.98 Å². The number of anilines is 1. The van der Waals surface area contributed by atoms with E-state index < -0.39 is 0 Å². The fourth-order valence-electron chi connectivity index (χ4n) is 4.38. The van der Waals surface area contributed by atoms with Crippen molar-refractivity contribution >= 4 is 17.9 Å². The third-order valence-electron chi connectivity index (χ3n) is 6.10. The first-order valence-electron chi connectivity index (χ1n) is 11.2. The van der Waals surface area contributed by atoms with Crippen molar-refractivity contribution in [2.75, 3.05) is 18.6 Å². The van der Waals surface area contributed by atoms with E-state index in [1.165, 1.54) is 32.1 Å². The fraction of sp³-hybridized carbons (Fsp3) is 0.440. The molecule has 0 saturated heterocycles. The van der Waals surface area contributed by atoms with Crippen molar-refractivity contribution in [3.05, 3.63) is 53.9 Å². The summed E-state index contributed by atoms with van der Waals surface area (Å²) in [6, 6.07) is 11.7. The number of amides is 1. The van der Waals surface area contributed by atoms with E-state index in [0.717, 1.165) is 53.7 Å². The van der Waals surface area contributed by atoms with Gasteiger partial charge in [0.05, 0.1) is 26.0 Å². The molecule has 0 atom stereocenters. The normalized spacial score (nSPS) is 14.5. The number of imidazole rings is 1. The predicted octanol–water partition coefficient (Wildman–Crippen LogP) is 5.03. The van der Waals surface area contributed by atoms with Gasteiger partial charge in [0.15, 0.2) is 11.4 Å². The molecule has 31 heavy (non-hydrogen) atoms. The van der Waals surface area contributed by atoms with Crippen LogP contribution in [0.15, 0.2) is 42.6 Å². The largest absolute Gasteiger partial charge is 0.497 e. The highest BCUT2D eigenvalue weighted by molar-refractivity contribution is 5.77. The average Bonchev–Trinajstić information content (AvgIpc) is 3.21. The molecule has 0 spiro atoms. The van der Waals surface area contributed by atoms with Crippen LogP contribution in [-0.2, 0) is 17.8 Å². The molecule has 0 N–H and O–H groups in total. The van der Waals surface area contributed by atoms with E-state index in [9.17, 15) is 4.79 Å². The number of methoxy groups -OCH3 is 1. The summed E-state index contributed by atoms with van der Waals surface area (Å²) < 4.78 is 13.4. The average molecular weight is 422 g/mol. The summed E-state index contributed by atoms with van der Waals surface area (Å²) in [5.74, 6) is 3.00. The first-order valence-corrected chi connectivity index (χ1v) is 11.2. The molecule has 1 amide bonds. The summed E-state index contributed by atoms with van der Waals surface area (Å²) in [6.45, 7) is 3.25. The maximum Gasteiger partial charge on any atom is 0.215 e. The highest BCUT2D eigenvalue weighted by Crippen LogP contribution is 2.30. The zero-order valence-electron chi connectivity index (χ0n) is 18.4. The topological polar surface area (TPSA) is 56.1 Å². The third-order valence-corrected chi connectivity index (χ3v) is 6.10. The number of benzene rings is 1. The van der Waals surface area contributed by atoms with Gasteiger partial charge in [0, 0.05) is 6.20 Å². The third kappa shape index (κ3) is 4.68. The van der Waals surface area contributed by atoms with Crippen molar-refractivity contribution in [3.63, 3.8) is 0 Å². The zero-order valence-corrected chi connectivity index (χ0v) is 18.4. The molecule has 1 aliphatic carbocycles. The zero-order chi connectivity index (χ0) is 21.6. The summed E-state index contributed by atoms with van der Waals surface area (Å²) in [7, 11) is 1.65. The van der Waals surface area contributed by atoms with Gasteiger partial charge in [0.25, 0.3) is 0 Å². The quantitative estimate of drug-likeness (QED) is 0.455. The lowest BCUT2D eigenvalue weighted by Crippen LogP contribution is -2.23. The van der Waals surface area contributed by atoms with Gasteiger partial charge in [-0.3, -0.25) is 14.1 Å². The smallest absolute Gasteiger partial charge is 0.215 e. The number of ether oxygens (including phenoxy) is 2. The Bertz CT molecular complexity index is 1010. The van der Waals surface area contributed by atoms with E-state index in [-0.39, 0.29) is 0 Å². The highest BCUT2D eigenvalue weighted by atomic mass is 16.5. The van der Waals surface area contributed by atoms with Crippen LogP contribution in [-0.4, -0.2) is 29.5 Å². The molecule has 0 unspecified atom stereocenters. The van der Waals surface area contributed by atoms with Crippen LogP contribution in [0.1, 0.15) is 50.3 Å². The Morgan fingerprint density at radius 2 is 1.94 bits per heavy atom. The second-order valence-electron chi connectivity index (χ2n) is 8.20. The fourth-order valence-corrected chi connectivity index (χ4v) is 4.38. The van der Waals surface area contributed by atoms with Gasteiger partial charge in [0.1, 0.15) is 11.6 Å². The number of aryl methyl sites for hydroxylation is 1. The second kappa shape index (κ2) is 9.86. The summed E-state index contributed by atoms with van der Waals surface area (Å²) in [5.41, 5.74) is 2.68. The van der Waals surface area contributed by atoms with Crippen LogP contribution in [0.3, 0.4) is 0 Å². The summed E-state index contributed by atoms with van der Waals surface area (Å²) in [4.78, 5) is 18.7. The molecule has 3 aromatic rings. The van der Waals surface area contributed by atoms with Crippen LogP contribution < -0.4 is 14.4 Å². The van der Waals surface area contributed by atoms with Gasteiger partial charge in [-0.1, -0.05) is 38.3 Å². The van der Waals surface area contributed by atoms with Crippen LogP contribution in [0.4, 0.5) is 5.82 Å². The number of hydrogen-bond donors (Lipinski definition) is 0. The molecule has 1 aliphatic rings. The second-order valence-corrected chi connectivity index (χ2v) is 8.20. The van der Waals surface area contributed by atoms with Gasteiger partial charge in [0.2, 0.25) is 6.41 Å². The molecule has 0 radical (unpaired) electrons. The van der Waals surface area contributed by atoms with Crippen LogP contribution >= 0.6 is 0 Å². The molecule has 164 valence electrons. The predicted molar refractivity (Wildman–Crippen MR) is 122 cm³/mol. The maximum atomic E-state index is 12.1. The molecule has 1 saturated carbocycles. The van der Waals surface area contributed by atoms with E-state index in [1.54, 1.807) is 12.0 Å². The van der Waals surface area contributed by atoms with Crippen LogP contribution in [0.5, 0.6) is 11.5 Å². The van der Waals surface area contributed by atoms with Crippen LogP contribution in [0.2, 0.25) is 0 Å². The van der Waals surface area contributed by atoms with Crippen molar-refractivity contribution < 1.29 is 14.3 Å². The summed E-state index contributed by atoms with van der Waals surface area (Å²) in [6.07, 6.45) is 9.97. The molecular weight excluding hydrogens is 390 g/mol. The minimum absolute atomic E-state index is 0.460. The Kier molecular flexibility index (Phi) is 6.75. The molecule has 4 rings (SSSR count). The van der Waals surface area contributed by atoms with Gasteiger partial charge in [-0.15, -0.1) is 0 Å². The molecule has 0 bridgehead atoms. The number of fused-ring (bicyclic) bond motifs is 1. The van der Waals surface area contributed by atoms with Gasteiger partial charge in [-0.05, 0) is 55.0 Å². The van der Waals surface area contributed by atoms with Crippen molar-refractivity contribution in [1.82, 2.24) is 9.38 Å². The van der Waals surface area contributed by atoms with Crippen LogP contribution in [0, 0.1) is 5.92 Å². The minimum atomic E-state index is 0.460. The number of carbonyl (C=O) groups is 1. The van der Waals surface area contributed by atoms with E-state index in [0.29, 0.717) is 12.5 Å². The molecule has 2 heterocycles. The first-order chi connectivity index (χ1) is 15.2. The molecule has 6 nitrogen and oxygen atoms in total. The Morgan fingerprint density at radius 1 is 1.16 bits per heavy atom. The van der Waals surface area contributed by atoms with Gasteiger partial charge in [-0.2, -0.15) is 0 Å². The number of hydrogen-bond acceptors (Lipinski definition) is 4. The van der Waals surface area contributed by atoms with E-state index in [1.807, 2.05) is 47.0 Å². The Morgan fingerprint density at radius 3 is 2.61 bits per heavy atom. The van der Waals surface area contributed by atoms with Crippen molar-refractivity contribution in [3.8, 4) is 11.5 Å². The lowest BCUT2D eigenvalue weighted by Gasteiger charge is -2.22. The molecule has 1 aromatic carbocycles. The number of rotatable bonds is 9.